The van der Waals surface area contributed by atoms with Crippen molar-refractivity contribution in [2.24, 2.45) is 5.92 Å². The quantitative estimate of drug-likeness (QED) is 0.757. The van der Waals surface area contributed by atoms with Gasteiger partial charge in [-0.25, -0.2) is 4.98 Å². The largest absolute Gasteiger partial charge is 0.481 e. The monoisotopic (exact) mass is 223 g/mol. The highest BCUT2D eigenvalue weighted by Crippen LogP contribution is 2.18. The Hall–Kier alpha value is -1.85. The second kappa shape index (κ2) is 4.34. The van der Waals surface area contributed by atoms with Crippen LogP contribution in [0.2, 0.25) is 0 Å². The van der Waals surface area contributed by atoms with Crippen LogP contribution < -0.4 is 0 Å². The molecule has 0 aliphatic carbocycles. The van der Waals surface area contributed by atoms with E-state index in [1.165, 1.54) is 6.20 Å². The van der Waals surface area contributed by atoms with Crippen LogP contribution in [0, 0.1) is 5.92 Å². The third-order valence-corrected chi connectivity index (χ3v) is 2.83. The lowest BCUT2D eigenvalue weighted by molar-refractivity contribution is -0.143. The minimum absolute atomic E-state index is 0.158. The number of aromatic nitrogens is 2. The summed E-state index contributed by atoms with van der Waals surface area (Å²) in [6, 6.07) is 0. The van der Waals surface area contributed by atoms with Crippen molar-refractivity contribution in [2.75, 3.05) is 13.1 Å². The van der Waals surface area contributed by atoms with E-state index in [9.17, 15) is 9.59 Å². The number of imidazole rings is 1. The van der Waals surface area contributed by atoms with Crippen molar-refractivity contribution in [1.82, 2.24) is 14.9 Å². The van der Waals surface area contributed by atoms with Gasteiger partial charge in [0.05, 0.1) is 5.92 Å². The number of nitrogens with zero attached hydrogens (tertiary/aromatic N) is 2. The molecule has 6 nitrogen and oxygen atoms in total. The maximum atomic E-state index is 11.8. The summed E-state index contributed by atoms with van der Waals surface area (Å²) in [7, 11) is 0. The van der Waals surface area contributed by atoms with E-state index in [2.05, 4.69) is 9.97 Å². The molecule has 0 bridgehead atoms. The van der Waals surface area contributed by atoms with Crippen molar-refractivity contribution < 1.29 is 14.7 Å². The molecule has 2 N–H and O–H groups in total. The SMILES string of the molecule is O=C(O)C1CCN(C(=O)c2ncc[nH]2)CC1. The molecule has 1 amide bonds. The van der Waals surface area contributed by atoms with Gasteiger partial charge in [0, 0.05) is 25.5 Å². The summed E-state index contributed by atoms with van der Waals surface area (Å²) < 4.78 is 0. The van der Waals surface area contributed by atoms with Crippen LogP contribution in [0.5, 0.6) is 0 Å². The topological polar surface area (TPSA) is 86.3 Å². The van der Waals surface area contributed by atoms with Gasteiger partial charge in [-0.1, -0.05) is 0 Å². The molecule has 2 heterocycles. The summed E-state index contributed by atoms with van der Waals surface area (Å²) in [5.41, 5.74) is 0. The average Bonchev–Trinajstić information content (AvgIpc) is 2.81. The molecule has 0 aromatic carbocycles. The highest BCUT2D eigenvalue weighted by Gasteiger charge is 2.28. The Balaban J connectivity index is 1.94. The van der Waals surface area contributed by atoms with E-state index in [4.69, 9.17) is 5.11 Å². The number of rotatable bonds is 2. The number of H-pyrrole nitrogens is 1. The van der Waals surface area contributed by atoms with Crippen LogP contribution in [0.1, 0.15) is 23.5 Å². The molecule has 0 atom stereocenters. The smallest absolute Gasteiger partial charge is 0.306 e. The molecule has 0 unspecified atom stereocenters. The zero-order valence-electron chi connectivity index (χ0n) is 8.72. The van der Waals surface area contributed by atoms with Crippen molar-refractivity contribution in [3.63, 3.8) is 0 Å². The Kier molecular flexibility index (Phi) is 2.89. The number of carboxylic acids is 1. The maximum absolute atomic E-state index is 11.8. The molecule has 6 heteroatoms. The molecular formula is C10H13N3O3. The summed E-state index contributed by atoms with van der Waals surface area (Å²) in [4.78, 5) is 30.8. The van der Waals surface area contributed by atoms with Gasteiger partial charge in [-0.15, -0.1) is 0 Å². The average molecular weight is 223 g/mol. The minimum Gasteiger partial charge on any atom is -0.481 e. The molecule has 1 aliphatic rings. The van der Waals surface area contributed by atoms with Gasteiger partial charge in [0.15, 0.2) is 5.82 Å². The molecule has 86 valence electrons. The lowest BCUT2D eigenvalue weighted by atomic mass is 9.97. The van der Waals surface area contributed by atoms with E-state index in [1.54, 1.807) is 11.1 Å². The number of piperidine rings is 1. The number of likely N-dealkylation sites (tertiary alicyclic amines) is 1. The molecule has 1 saturated heterocycles. The maximum Gasteiger partial charge on any atom is 0.306 e. The molecule has 1 aromatic heterocycles. The first kappa shape index (κ1) is 10.7. The first-order chi connectivity index (χ1) is 7.68. The van der Waals surface area contributed by atoms with E-state index in [0.717, 1.165) is 0 Å². The highest BCUT2D eigenvalue weighted by molar-refractivity contribution is 5.90. The van der Waals surface area contributed by atoms with Crippen LogP contribution in [0.3, 0.4) is 0 Å². The molecular weight excluding hydrogens is 210 g/mol. The minimum atomic E-state index is -0.773. The normalized spacial score (nSPS) is 17.4. The third kappa shape index (κ3) is 2.05. The number of carbonyl (C=O) groups excluding carboxylic acids is 1. The van der Waals surface area contributed by atoms with Crippen molar-refractivity contribution in [1.29, 1.82) is 0 Å². The molecule has 16 heavy (non-hydrogen) atoms. The van der Waals surface area contributed by atoms with Crippen LogP contribution in [-0.2, 0) is 4.79 Å². The van der Waals surface area contributed by atoms with Crippen molar-refractivity contribution in [3.8, 4) is 0 Å². The summed E-state index contributed by atoms with van der Waals surface area (Å²) >= 11 is 0. The van der Waals surface area contributed by atoms with Crippen molar-refractivity contribution in [2.45, 2.75) is 12.8 Å². The molecule has 0 spiro atoms. The van der Waals surface area contributed by atoms with Crippen LogP contribution in [-0.4, -0.2) is 44.9 Å². The Morgan fingerprint density at radius 3 is 2.62 bits per heavy atom. The first-order valence-corrected chi connectivity index (χ1v) is 5.20. The predicted octanol–water partition coefficient (Wildman–Crippen LogP) is 0.346. The number of aliphatic carboxylic acids is 1. The summed E-state index contributed by atoms with van der Waals surface area (Å²) in [6.07, 6.45) is 4.15. The second-order valence-corrected chi connectivity index (χ2v) is 3.84. The first-order valence-electron chi connectivity index (χ1n) is 5.20. The fourth-order valence-corrected chi connectivity index (χ4v) is 1.86. The van der Waals surface area contributed by atoms with Gasteiger partial charge >= 0.3 is 5.97 Å². The number of hydrogen-bond donors (Lipinski definition) is 2. The lowest BCUT2D eigenvalue weighted by Gasteiger charge is -2.29. The van der Waals surface area contributed by atoms with Crippen molar-refractivity contribution in [3.05, 3.63) is 18.2 Å². The van der Waals surface area contributed by atoms with Gasteiger partial charge in [0.2, 0.25) is 0 Å². The van der Waals surface area contributed by atoms with Crippen LogP contribution in [0.25, 0.3) is 0 Å². The number of aromatic amines is 1. The van der Waals surface area contributed by atoms with E-state index in [1.807, 2.05) is 0 Å². The molecule has 1 fully saturated rings. The van der Waals surface area contributed by atoms with E-state index in [-0.39, 0.29) is 11.8 Å². The van der Waals surface area contributed by atoms with Crippen molar-refractivity contribution >= 4 is 11.9 Å². The Morgan fingerprint density at radius 1 is 1.44 bits per heavy atom. The van der Waals surface area contributed by atoms with Gasteiger partial charge in [0.25, 0.3) is 5.91 Å². The molecule has 0 saturated carbocycles. The van der Waals surface area contributed by atoms with Gasteiger partial charge < -0.3 is 15.0 Å². The number of amides is 1. The van der Waals surface area contributed by atoms with Gasteiger partial charge in [-0.3, -0.25) is 9.59 Å². The second-order valence-electron chi connectivity index (χ2n) is 3.84. The third-order valence-electron chi connectivity index (χ3n) is 2.83. The fraction of sp³-hybridized carbons (Fsp3) is 0.500. The number of carboxylic acid groups (broad SMARTS) is 1. The highest BCUT2D eigenvalue weighted by atomic mass is 16.4. The molecule has 0 radical (unpaired) electrons. The Labute approximate surface area is 92.3 Å². The molecule has 1 aromatic rings. The molecule has 2 rings (SSSR count). The van der Waals surface area contributed by atoms with Crippen LogP contribution in [0.15, 0.2) is 12.4 Å². The van der Waals surface area contributed by atoms with Crippen LogP contribution in [0.4, 0.5) is 0 Å². The van der Waals surface area contributed by atoms with Gasteiger partial charge in [-0.2, -0.15) is 0 Å². The van der Waals surface area contributed by atoms with Gasteiger partial charge in [-0.05, 0) is 12.8 Å². The predicted molar refractivity (Wildman–Crippen MR) is 54.9 cm³/mol. The lowest BCUT2D eigenvalue weighted by Crippen LogP contribution is -2.40. The zero-order valence-corrected chi connectivity index (χ0v) is 8.72. The summed E-state index contributed by atoms with van der Waals surface area (Å²) in [6.45, 7) is 0.965. The van der Waals surface area contributed by atoms with E-state index < -0.39 is 5.97 Å². The van der Waals surface area contributed by atoms with Gasteiger partial charge in [0.1, 0.15) is 0 Å². The number of nitrogens with one attached hydrogen (secondary N) is 1. The summed E-state index contributed by atoms with van der Waals surface area (Å²) in [5, 5.41) is 8.83. The number of hydrogen-bond acceptors (Lipinski definition) is 3. The van der Waals surface area contributed by atoms with E-state index in [0.29, 0.717) is 31.8 Å². The fourth-order valence-electron chi connectivity index (χ4n) is 1.86. The van der Waals surface area contributed by atoms with Crippen LogP contribution >= 0.6 is 0 Å². The Bertz CT molecular complexity index is 380. The molecule has 1 aliphatic heterocycles. The number of carbonyl (C=O) groups is 2. The Morgan fingerprint density at radius 2 is 2.12 bits per heavy atom. The zero-order chi connectivity index (χ0) is 11.5. The van der Waals surface area contributed by atoms with E-state index >= 15 is 0 Å². The summed E-state index contributed by atoms with van der Waals surface area (Å²) in [5.74, 6) is -0.937. The standard InChI is InChI=1S/C10H13N3O3/c14-9(8-11-3-4-12-8)13-5-1-7(2-6-13)10(15)16/h3-4,7H,1-2,5-6H2,(H,11,12)(H,15,16).